The fourth-order valence-electron chi connectivity index (χ4n) is 2.62. The number of hydrogen-bond acceptors (Lipinski definition) is 5. The molecule has 0 heterocycles. The lowest BCUT2D eigenvalue weighted by Gasteiger charge is -2.21. The van der Waals surface area contributed by atoms with Gasteiger partial charge in [0.25, 0.3) is 0 Å². The minimum Gasteiger partial charge on any atom is -0.478 e. The molecule has 2 rings (SSSR count). The highest BCUT2D eigenvalue weighted by atomic mass is 16.5. The molecule has 7 heteroatoms. The molecule has 2 aromatic rings. The van der Waals surface area contributed by atoms with Crippen LogP contribution in [0.15, 0.2) is 72.8 Å². The normalized spacial score (nSPS) is 13.6. The van der Waals surface area contributed by atoms with Gasteiger partial charge in [0, 0.05) is 12.2 Å². The summed E-state index contributed by atoms with van der Waals surface area (Å²) >= 11 is 0. The van der Waals surface area contributed by atoms with Crippen molar-refractivity contribution in [2.45, 2.75) is 38.5 Å². The average molecular weight is 415 g/mol. The van der Waals surface area contributed by atoms with Crippen LogP contribution >= 0.6 is 0 Å². The molecule has 0 saturated carbocycles. The van der Waals surface area contributed by atoms with E-state index in [2.05, 4.69) is 31.2 Å². The summed E-state index contributed by atoms with van der Waals surface area (Å²) in [6, 6.07) is 19.8. The lowest BCUT2D eigenvalue weighted by atomic mass is 9.95. The molecule has 0 saturated heterocycles. The van der Waals surface area contributed by atoms with E-state index < -0.39 is 24.3 Å². The molecule has 0 aliphatic carbocycles. The molecule has 0 aliphatic rings. The predicted molar refractivity (Wildman–Crippen MR) is 114 cm³/mol. The number of carbonyl (C=O) groups is 2. The SMILES string of the molecule is CC(CCC(O)C(N)Oc1ccccc1)Cc1ccccc1.O=C(O)C=CC(=O)O. The van der Waals surface area contributed by atoms with Crippen molar-refractivity contribution in [2.24, 2.45) is 11.7 Å². The quantitative estimate of drug-likeness (QED) is 0.346. The second kappa shape index (κ2) is 13.9. The van der Waals surface area contributed by atoms with Crippen LogP contribution in [-0.2, 0) is 16.0 Å². The summed E-state index contributed by atoms with van der Waals surface area (Å²) < 4.78 is 5.55. The Labute approximate surface area is 176 Å². The number of aliphatic carboxylic acids is 2. The van der Waals surface area contributed by atoms with E-state index in [1.807, 2.05) is 36.4 Å². The third kappa shape index (κ3) is 11.6. The highest BCUT2D eigenvalue weighted by Crippen LogP contribution is 2.17. The molecule has 0 aliphatic heterocycles. The molecule has 162 valence electrons. The minimum absolute atomic E-state index is 0.501. The molecule has 0 amide bonds. The van der Waals surface area contributed by atoms with Crippen molar-refractivity contribution in [2.75, 3.05) is 0 Å². The molecule has 5 N–H and O–H groups in total. The van der Waals surface area contributed by atoms with Crippen LogP contribution in [0.4, 0.5) is 0 Å². The third-order valence-electron chi connectivity index (χ3n) is 4.15. The second-order valence-electron chi connectivity index (χ2n) is 6.84. The number of aliphatic hydroxyl groups is 1. The first-order chi connectivity index (χ1) is 14.3. The summed E-state index contributed by atoms with van der Waals surface area (Å²) in [6.07, 6.45) is 2.35. The van der Waals surface area contributed by atoms with Crippen molar-refractivity contribution >= 4 is 11.9 Å². The predicted octanol–water partition coefficient (Wildman–Crippen LogP) is 3.08. The van der Waals surface area contributed by atoms with Gasteiger partial charge in [-0.25, -0.2) is 9.59 Å². The van der Waals surface area contributed by atoms with Gasteiger partial charge in [0.1, 0.15) is 11.9 Å². The van der Waals surface area contributed by atoms with Gasteiger partial charge in [-0.05, 0) is 42.9 Å². The highest BCUT2D eigenvalue weighted by molar-refractivity contribution is 5.89. The first-order valence-corrected chi connectivity index (χ1v) is 9.61. The molecular weight excluding hydrogens is 386 g/mol. The standard InChI is InChI=1S/C19H25NO2.C4H4O4/c1-15(14-16-8-4-2-5-9-16)12-13-18(21)19(20)22-17-10-6-3-7-11-17;5-3(6)1-2-4(7)8/h2-11,15,18-19,21H,12-14,20H2,1H3;1-2H,(H,5,6)(H,7,8). The monoisotopic (exact) mass is 415 g/mol. The van der Waals surface area contributed by atoms with Crippen molar-refractivity contribution in [3.05, 3.63) is 78.4 Å². The Hall–Kier alpha value is -3.16. The summed E-state index contributed by atoms with van der Waals surface area (Å²) in [7, 11) is 0. The van der Waals surface area contributed by atoms with Gasteiger partial charge >= 0.3 is 11.9 Å². The van der Waals surface area contributed by atoms with Gasteiger partial charge in [0.15, 0.2) is 6.23 Å². The summed E-state index contributed by atoms with van der Waals surface area (Å²) in [5.74, 6) is -1.33. The molecule has 0 aromatic heterocycles. The molecule has 3 unspecified atom stereocenters. The number of rotatable bonds is 10. The number of nitrogens with two attached hydrogens (primary N) is 1. The zero-order chi connectivity index (χ0) is 22.4. The van der Waals surface area contributed by atoms with Crippen LogP contribution in [0.2, 0.25) is 0 Å². The van der Waals surface area contributed by atoms with Crippen LogP contribution in [0.5, 0.6) is 5.75 Å². The Morgan fingerprint density at radius 1 is 0.933 bits per heavy atom. The van der Waals surface area contributed by atoms with Crippen molar-refractivity contribution in [1.82, 2.24) is 0 Å². The maximum absolute atomic E-state index is 10.1. The van der Waals surface area contributed by atoms with Crippen LogP contribution in [-0.4, -0.2) is 39.6 Å². The molecule has 2 aromatic carbocycles. The highest BCUT2D eigenvalue weighted by Gasteiger charge is 2.17. The van der Waals surface area contributed by atoms with E-state index in [4.69, 9.17) is 20.7 Å². The fraction of sp³-hybridized carbons (Fsp3) is 0.304. The van der Waals surface area contributed by atoms with Crippen LogP contribution in [0.1, 0.15) is 25.3 Å². The summed E-state index contributed by atoms with van der Waals surface area (Å²) in [4.78, 5) is 19.1. The van der Waals surface area contributed by atoms with E-state index in [1.54, 1.807) is 0 Å². The first-order valence-electron chi connectivity index (χ1n) is 9.61. The molecule has 7 nitrogen and oxygen atoms in total. The van der Waals surface area contributed by atoms with Gasteiger partial charge in [-0.15, -0.1) is 0 Å². The first kappa shape index (κ1) is 24.9. The maximum atomic E-state index is 10.1. The van der Waals surface area contributed by atoms with E-state index in [0.29, 0.717) is 30.2 Å². The van der Waals surface area contributed by atoms with Gasteiger partial charge in [-0.2, -0.15) is 0 Å². The molecule has 0 bridgehead atoms. The number of aliphatic hydroxyl groups excluding tert-OH is 1. The Morgan fingerprint density at radius 3 is 1.93 bits per heavy atom. The zero-order valence-electron chi connectivity index (χ0n) is 16.9. The molecule has 0 fully saturated rings. The lowest BCUT2D eigenvalue weighted by Crippen LogP contribution is -2.40. The number of ether oxygens (including phenoxy) is 1. The maximum Gasteiger partial charge on any atom is 0.328 e. The number of carboxylic acids is 2. The summed E-state index contributed by atoms with van der Waals surface area (Å²) in [6.45, 7) is 2.20. The zero-order valence-corrected chi connectivity index (χ0v) is 16.9. The minimum atomic E-state index is -1.26. The molecule has 0 radical (unpaired) electrons. The molecule has 0 spiro atoms. The molecule has 3 atom stereocenters. The fourth-order valence-corrected chi connectivity index (χ4v) is 2.62. The topological polar surface area (TPSA) is 130 Å². The van der Waals surface area contributed by atoms with Crippen LogP contribution in [0, 0.1) is 5.92 Å². The van der Waals surface area contributed by atoms with Gasteiger partial charge in [-0.1, -0.05) is 55.5 Å². The van der Waals surface area contributed by atoms with Gasteiger partial charge < -0.3 is 20.1 Å². The number of hydrogen-bond donors (Lipinski definition) is 4. The number of para-hydroxylation sites is 1. The Morgan fingerprint density at radius 2 is 1.43 bits per heavy atom. The largest absolute Gasteiger partial charge is 0.478 e. The van der Waals surface area contributed by atoms with Crippen LogP contribution in [0.25, 0.3) is 0 Å². The molecule has 30 heavy (non-hydrogen) atoms. The smallest absolute Gasteiger partial charge is 0.328 e. The van der Waals surface area contributed by atoms with Gasteiger partial charge in [-0.3, -0.25) is 5.73 Å². The van der Waals surface area contributed by atoms with E-state index in [0.717, 1.165) is 12.8 Å². The second-order valence-corrected chi connectivity index (χ2v) is 6.84. The summed E-state index contributed by atoms with van der Waals surface area (Å²) in [5, 5.41) is 25.8. The Balaban J connectivity index is 0.000000479. The third-order valence-corrected chi connectivity index (χ3v) is 4.15. The van der Waals surface area contributed by atoms with E-state index in [9.17, 15) is 14.7 Å². The Kier molecular flexibility index (Phi) is 11.5. The van der Waals surface area contributed by atoms with Crippen molar-refractivity contribution in [3.8, 4) is 5.75 Å². The van der Waals surface area contributed by atoms with Crippen molar-refractivity contribution in [3.63, 3.8) is 0 Å². The Bertz CT molecular complexity index is 763. The van der Waals surface area contributed by atoms with E-state index in [1.165, 1.54) is 5.56 Å². The van der Waals surface area contributed by atoms with Crippen LogP contribution in [0.3, 0.4) is 0 Å². The van der Waals surface area contributed by atoms with E-state index in [-0.39, 0.29) is 0 Å². The average Bonchev–Trinajstić information content (AvgIpc) is 2.72. The lowest BCUT2D eigenvalue weighted by molar-refractivity contribution is -0.134. The number of benzene rings is 2. The number of carboxylic acid groups (broad SMARTS) is 2. The van der Waals surface area contributed by atoms with Crippen molar-refractivity contribution in [1.29, 1.82) is 0 Å². The summed E-state index contributed by atoms with van der Waals surface area (Å²) in [5.41, 5.74) is 7.24. The van der Waals surface area contributed by atoms with Gasteiger partial charge in [0.05, 0.1) is 0 Å². The van der Waals surface area contributed by atoms with Gasteiger partial charge in [0.2, 0.25) is 0 Å². The van der Waals surface area contributed by atoms with E-state index >= 15 is 0 Å². The van der Waals surface area contributed by atoms with Crippen molar-refractivity contribution < 1.29 is 29.6 Å². The van der Waals surface area contributed by atoms with Crippen LogP contribution < -0.4 is 10.5 Å². The molecular formula is C23H29NO6.